The lowest BCUT2D eigenvalue weighted by Crippen LogP contribution is -2.47. The molecule has 0 atom stereocenters. The van der Waals surface area contributed by atoms with Crippen molar-refractivity contribution in [3.8, 4) is 17.1 Å². The number of hydrogen-bond acceptors (Lipinski definition) is 5. The maximum Gasteiger partial charge on any atom is 0.252 e. The number of para-hydroxylation sites is 1. The van der Waals surface area contributed by atoms with Gasteiger partial charge in [-0.15, -0.1) is 0 Å². The summed E-state index contributed by atoms with van der Waals surface area (Å²) in [5.74, 6) is 1.13. The zero-order valence-electron chi connectivity index (χ0n) is 20.9. The summed E-state index contributed by atoms with van der Waals surface area (Å²) in [4.78, 5) is 24.9. The number of aromatic nitrogens is 2. The Kier molecular flexibility index (Phi) is 7.23. The van der Waals surface area contributed by atoms with Crippen molar-refractivity contribution in [3.63, 3.8) is 0 Å². The number of rotatable bonds is 9. The normalized spacial score (nSPS) is 17.1. The van der Waals surface area contributed by atoms with Crippen molar-refractivity contribution in [2.75, 3.05) is 20.2 Å². The summed E-state index contributed by atoms with van der Waals surface area (Å²) < 4.78 is 5.45. The van der Waals surface area contributed by atoms with Gasteiger partial charge in [-0.1, -0.05) is 48.5 Å². The molecule has 1 aliphatic rings. The highest BCUT2D eigenvalue weighted by molar-refractivity contribution is 6.07. The molecule has 0 aliphatic heterocycles. The number of ether oxygens (including phenoxy) is 1. The molecule has 5 rings (SSSR count). The first-order valence-corrected chi connectivity index (χ1v) is 12.6. The van der Waals surface area contributed by atoms with Gasteiger partial charge in [0.25, 0.3) is 5.91 Å². The lowest BCUT2D eigenvalue weighted by Gasteiger charge is -2.38. The Morgan fingerprint density at radius 3 is 2.58 bits per heavy atom. The van der Waals surface area contributed by atoms with E-state index in [1.807, 2.05) is 55.5 Å². The minimum atomic E-state index is -0.0464. The SMILES string of the molecule is CCOc1ccc(-c2cc(C(=O)NC3CC(CN(C)Cc4ccccc4)C3)c3ccccc3n2)cn1. The number of hydrogen-bond donors (Lipinski definition) is 1. The van der Waals surface area contributed by atoms with Crippen LogP contribution < -0.4 is 10.1 Å². The number of amides is 1. The molecule has 1 fully saturated rings. The van der Waals surface area contributed by atoms with Gasteiger partial charge in [-0.05, 0) is 56.5 Å². The minimum absolute atomic E-state index is 0.0464. The summed E-state index contributed by atoms with van der Waals surface area (Å²) >= 11 is 0. The fourth-order valence-electron chi connectivity index (χ4n) is 4.94. The summed E-state index contributed by atoms with van der Waals surface area (Å²) in [7, 11) is 2.17. The van der Waals surface area contributed by atoms with E-state index in [1.165, 1.54) is 5.56 Å². The van der Waals surface area contributed by atoms with Crippen LogP contribution in [-0.4, -0.2) is 47.0 Å². The molecule has 1 N–H and O–H groups in total. The van der Waals surface area contributed by atoms with Crippen LogP contribution in [0.1, 0.15) is 35.7 Å². The molecule has 0 unspecified atom stereocenters. The predicted octanol–water partition coefficient (Wildman–Crippen LogP) is 5.34. The van der Waals surface area contributed by atoms with Gasteiger partial charge in [0.15, 0.2) is 0 Å². The second kappa shape index (κ2) is 10.9. The Morgan fingerprint density at radius 1 is 1.06 bits per heavy atom. The summed E-state index contributed by atoms with van der Waals surface area (Å²) in [6, 6.07) is 24.2. The van der Waals surface area contributed by atoms with Gasteiger partial charge >= 0.3 is 0 Å². The van der Waals surface area contributed by atoms with Gasteiger partial charge in [0.2, 0.25) is 5.88 Å². The second-order valence-corrected chi connectivity index (χ2v) is 9.58. The van der Waals surface area contributed by atoms with Crippen molar-refractivity contribution in [2.45, 2.75) is 32.4 Å². The first-order valence-electron chi connectivity index (χ1n) is 12.6. The number of nitrogens with zero attached hydrogens (tertiary/aromatic N) is 3. The quantitative estimate of drug-likeness (QED) is 0.350. The van der Waals surface area contributed by atoms with Gasteiger partial charge in [-0.25, -0.2) is 9.97 Å². The molecule has 0 spiro atoms. The maximum atomic E-state index is 13.4. The van der Waals surface area contributed by atoms with Crippen LogP contribution in [0.4, 0.5) is 0 Å². The van der Waals surface area contributed by atoms with Gasteiger partial charge in [0.05, 0.1) is 23.4 Å². The van der Waals surface area contributed by atoms with Crippen LogP contribution in [0.25, 0.3) is 22.2 Å². The molecule has 4 aromatic rings. The highest BCUT2D eigenvalue weighted by atomic mass is 16.5. The fraction of sp³-hybridized carbons (Fsp3) is 0.300. The molecule has 2 aromatic carbocycles. The summed E-state index contributed by atoms with van der Waals surface area (Å²) in [6.07, 6.45) is 3.75. The third-order valence-corrected chi connectivity index (χ3v) is 6.72. The van der Waals surface area contributed by atoms with Crippen LogP contribution >= 0.6 is 0 Å². The Bertz CT molecular complexity index is 1320. The van der Waals surface area contributed by atoms with Crippen molar-refractivity contribution in [1.82, 2.24) is 20.2 Å². The maximum absolute atomic E-state index is 13.4. The molecule has 36 heavy (non-hydrogen) atoms. The summed E-state index contributed by atoms with van der Waals surface area (Å²) in [5.41, 5.74) is 4.34. The monoisotopic (exact) mass is 480 g/mol. The van der Waals surface area contributed by atoms with E-state index in [-0.39, 0.29) is 11.9 Å². The second-order valence-electron chi connectivity index (χ2n) is 9.58. The molecule has 0 bridgehead atoms. The van der Waals surface area contributed by atoms with Gasteiger partial charge in [0.1, 0.15) is 0 Å². The topological polar surface area (TPSA) is 67.3 Å². The van der Waals surface area contributed by atoms with E-state index in [1.54, 1.807) is 6.20 Å². The smallest absolute Gasteiger partial charge is 0.252 e. The van der Waals surface area contributed by atoms with Crippen LogP contribution in [0.2, 0.25) is 0 Å². The number of fused-ring (bicyclic) bond motifs is 1. The third kappa shape index (κ3) is 5.55. The Balaban J connectivity index is 1.25. The van der Waals surface area contributed by atoms with Crippen molar-refractivity contribution in [3.05, 3.63) is 90.1 Å². The van der Waals surface area contributed by atoms with Crippen LogP contribution in [0, 0.1) is 5.92 Å². The molecule has 6 nitrogen and oxygen atoms in total. The van der Waals surface area contributed by atoms with E-state index in [0.29, 0.717) is 24.0 Å². The molecule has 1 saturated carbocycles. The molecule has 2 aromatic heterocycles. The summed E-state index contributed by atoms with van der Waals surface area (Å²) in [6.45, 7) is 4.48. The first kappa shape index (κ1) is 23.9. The average Bonchev–Trinajstić information content (AvgIpc) is 2.88. The Hall–Kier alpha value is -3.77. The molecular formula is C30H32N4O2. The molecule has 184 valence electrons. The largest absolute Gasteiger partial charge is 0.478 e. The van der Waals surface area contributed by atoms with E-state index >= 15 is 0 Å². The fourth-order valence-corrected chi connectivity index (χ4v) is 4.94. The van der Waals surface area contributed by atoms with Crippen LogP contribution in [0.5, 0.6) is 5.88 Å². The van der Waals surface area contributed by atoms with E-state index in [0.717, 1.165) is 48.1 Å². The number of nitrogens with one attached hydrogen (secondary N) is 1. The van der Waals surface area contributed by atoms with Crippen molar-refractivity contribution < 1.29 is 9.53 Å². The molecule has 1 aliphatic carbocycles. The molecule has 2 heterocycles. The van der Waals surface area contributed by atoms with Gasteiger partial charge < -0.3 is 15.0 Å². The minimum Gasteiger partial charge on any atom is -0.478 e. The van der Waals surface area contributed by atoms with Crippen LogP contribution in [-0.2, 0) is 6.54 Å². The van der Waals surface area contributed by atoms with E-state index < -0.39 is 0 Å². The van der Waals surface area contributed by atoms with E-state index in [2.05, 4.69) is 46.5 Å². The van der Waals surface area contributed by atoms with Crippen LogP contribution in [0.15, 0.2) is 79.0 Å². The van der Waals surface area contributed by atoms with Crippen LogP contribution in [0.3, 0.4) is 0 Å². The Morgan fingerprint density at radius 2 is 1.83 bits per heavy atom. The summed E-state index contributed by atoms with van der Waals surface area (Å²) in [5, 5.41) is 4.12. The van der Waals surface area contributed by atoms with Crippen molar-refractivity contribution in [1.29, 1.82) is 0 Å². The Labute approximate surface area is 212 Å². The highest BCUT2D eigenvalue weighted by Gasteiger charge is 2.31. The number of carbonyl (C=O) groups is 1. The predicted molar refractivity (Wildman–Crippen MR) is 143 cm³/mol. The first-order chi connectivity index (χ1) is 17.6. The number of carbonyl (C=O) groups excluding carboxylic acids is 1. The highest BCUT2D eigenvalue weighted by Crippen LogP contribution is 2.30. The standard InChI is InChI=1S/C30H32N4O2/c1-3-36-29-14-13-23(18-31-29)28-17-26(25-11-7-8-12-27(25)33-28)30(35)32-24-15-22(16-24)20-34(2)19-21-9-5-4-6-10-21/h4-14,17-18,22,24H,3,15-16,19-20H2,1-2H3,(H,32,35). The van der Waals surface area contributed by atoms with Crippen molar-refractivity contribution in [2.24, 2.45) is 5.92 Å². The average molecular weight is 481 g/mol. The van der Waals surface area contributed by atoms with E-state index in [4.69, 9.17) is 9.72 Å². The molecule has 1 amide bonds. The number of benzene rings is 2. The zero-order chi connectivity index (χ0) is 24.9. The zero-order valence-corrected chi connectivity index (χ0v) is 20.9. The lowest BCUT2D eigenvalue weighted by atomic mass is 9.79. The molecular weight excluding hydrogens is 448 g/mol. The van der Waals surface area contributed by atoms with Gasteiger partial charge in [0, 0.05) is 42.3 Å². The van der Waals surface area contributed by atoms with Gasteiger partial charge in [-0.2, -0.15) is 0 Å². The molecule has 0 saturated heterocycles. The lowest BCUT2D eigenvalue weighted by molar-refractivity contribution is 0.0868. The molecule has 0 radical (unpaired) electrons. The van der Waals surface area contributed by atoms with E-state index in [9.17, 15) is 4.79 Å². The third-order valence-electron chi connectivity index (χ3n) is 6.72. The number of pyridine rings is 2. The molecule has 6 heteroatoms. The van der Waals surface area contributed by atoms with Gasteiger partial charge in [-0.3, -0.25) is 4.79 Å². The van der Waals surface area contributed by atoms with Crippen molar-refractivity contribution >= 4 is 16.8 Å².